The molecule has 0 fully saturated rings. The molecule has 0 radical (unpaired) electrons. The van der Waals surface area contributed by atoms with Gasteiger partial charge in [-0.2, -0.15) is 5.10 Å². The Kier molecular flexibility index (Phi) is 2.76. The van der Waals surface area contributed by atoms with Crippen LogP contribution in [0.5, 0.6) is 0 Å². The molecule has 0 spiro atoms. The zero-order chi connectivity index (χ0) is 12.7. The minimum atomic E-state index is 0.639. The summed E-state index contributed by atoms with van der Waals surface area (Å²) in [7, 11) is 1.83. The monoisotopic (exact) mass is 323 g/mol. The molecule has 0 aliphatic heterocycles. The lowest BCUT2D eigenvalue weighted by Crippen LogP contribution is -1.97. The zero-order valence-corrected chi connectivity index (χ0v) is 12.0. The number of furan rings is 1. The van der Waals surface area contributed by atoms with E-state index in [0.29, 0.717) is 16.2 Å². The van der Waals surface area contributed by atoms with Crippen LogP contribution < -0.4 is 5.73 Å². The molecule has 6 heteroatoms. The van der Waals surface area contributed by atoms with Crippen LogP contribution in [0.25, 0.3) is 21.9 Å². The number of halogens is 1. The normalized spacial score (nSPS) is 11.0. The first kappa shape index (κ1) is 11.6. The minimum absolute atomic E-state index is 0.639. The molecular formula is C12H10BrN3OS. The van der Waals surface area contributed by atoms with Crippen molar-refractivity contribution in [2.24, 2.45) is 7.05 Å². The molecule has 0 aliphatic rings. The van der Waals surface area contributed by atoms with Crippen molar-refractivity contribution in [1.29, 1.82) is 0 Å². The van der Waals surface area contributed by atoms with Gasteiger partial charge in [0.05, 0.1) is 5.56 Å². The van der Waals surface area contributed by atoms with Crippen molar-refractivity contribution in [1.82, 2.24) is 9.78 Å². The van der Waals surface area contributed by atoms with Crippen LogP contribution in [0.1, 0.15) is 0 Å². The summed E-state index contributed by atoms with van der Waals surface area (Å²) in [5, 5.41) is 6.45. The third-order valence-electron chi connectivity index (χ3n) is 2.67. The maximum atomic E-state index is 6.09. The quantitative estimate of drug-likeness (QED) is 0.781. The fraction of sp³-hybridized carbons (Fsp3) is 0.0833. The van der Waals surface area contributed by atoms with E-state index in [1.54, 1.807) is 16.0 Å². The summed E-state index contributed by atoms with van der Waals surface area (Å²) in [5.74, 6) is 1.34. The molecule has 2 N–H and O–H groups in total. The number of nitrogen functional groups attached to an aromatic ring is 1. The number of thiophene rings is 1. The van der Waals surface area contributed by atoms with Crippen LogP contribution in [0.3, 0.4) is 0 Å². The summed E-state index contributed by atoms with van der Waals surface area (Å²) >= 11 is 4.93. The molecule has 3 aromatic rings. The Hall–Kier alpha value is -1.53. The van der Waals surface area contributed by atoms with Crippen LogP contribution in [-0.2, 0) is 7.05 Å². The average Bonchev–Trinajstić information content (AvgIpc) is 3.02. The van der Waals surface area contributed by atoms with Gasteiger partial charge < -0.3 is 10.2 Å². The van der Waals surface area contributed by atoms with E-state index < -0.39 is 0 Å². The predicted octanol–water partition coefficient (Wildman–Crippen LogP) is 3.75. The topological polar surface area (TPSA) is 57.0 Å². The molecule has 3 heterocycles. The molecule has 3 aromatic heterocycles. The number of aryl methyl sites for hydroxylation is 1. The third-order valence-corrected chi connectivity index (χ3v) is 3.98. The summed E-state index contributed by atoms with van der Waals surface area (Å²) in [6, 6.07) is 7.75. The Morgan fingerprint density at radius 3 is 2.83 bits per heavy atom. The van der Waals surface area contributed by atoms with Gasteiger partial charge in [0.15, 0.2) is 10.4 Å². The molecular weight excluding hydrogens is 314 g/mol. The Morgan fingerprint density at radius 1 is 1.39 bits per heavy atom. The molecule has 18 heavy (non-hydrogen) atoms. The molecule has 0 bridgehead atoms. The standard InChI is InChI=1S/C12H10BrN3OS/c1-16-12(14)10(8-3-2-6-18-8)11(15-16)7-4-5-9(13)17-7/h2-6H,14H2,1H3. The molecule has 0 aliphatic carbocycles. The maximum absolute atomic E-state index is 6.09. The zero-order valence-electron chi connectivity index (χ0n) is 9.55. The highest BCUT2D eigenvalue weighted by molar-refractivity contribution is 9.10. The molecule has 0 saturated heterocycles. The van der Waals surface area contributed by atoms with Gasteiger partial charge in [0.1, 0.15) is 11.5 Å². The lowest BCUT2D eigenvalue weighted by molar-refractivity contribution is 0.552. The van der Waals surface area contributed by atoms with Crippen molar-refractivity contribution in [3.63, 3.8) is 0 Å². The Balaban J connectivity index is 2.24. The summed E-state index contributed by atoms with van der Waals surface area (Å²) in [5.41, 5.74) is 7.78. The van der Waals surface area contributed by atoms with E-state index in [1.807, 2.05) is 36.7 Å². The van der Waals surface area contributed by atoms with Gasteiger partial charge in [-0.3, -0.25) is 4.68 Å². The fourth-order valence-corrected chi connectivity index (χ4v) is 2.90. The van der Waals surface area contributed by atoms with Crippen molar-refractivity contribution >= 4 is 33.1 Å². The van der Waals surface area contributed by atoms with Crippen LogP contribution in [0.2, 0.25) is 0 Å². The van der Waals surface area contributed by atoms with Crippen LogP contribution in [0, 0.1) is 0 Å². The van der Waals surface area contributed by atoms with E-state index in [4.69, 9.17) is 10.2 Å². The summed E-state index contributed by atoms with van der Waals surface area (Å²) in [6.45, 7) is 0. The van der Waals surface area contributed by atoms with Gasteiger partial charge in [0, 0.05) is 11.9 Å². The molecule has 0 aromatic carbocycles. The van der Waals surface area contributed by atoms with E-state index >= 15 is 0 Å². The summed E-state index contributed by atoms with van der Waals surface area (Å²) < 4.78 is 7.91. The number of hydrogen-bond donors (Lipinski definition) is 1. The fourth-order valence-electron chi connectivity index (χ4n) is 1.81. The van der Waals surface area contributed by atoms with Crippen molar-refractivity contribution in [3.8, 4) is 21.9 Å². The summed E-state index contributed by atoms with van der Waals surface area (Å²) in [4.78, 5) is 1.09. The molecule has 92 valence electrons. The van der Waals surface area contributed by atoms with Crippen LogP contribution in [0.4, 0.5) is 5.82 Å². The average molecular weight is 324 g/mol. The third kappa shape index (κ3) is 1.77. The Labute approximate surface area is 116 Å². The highest BCUT2D eigenvalue weighted by Crippen LogP contribution is 2.39. The minimum Gasteiger partial charge on any atom is -0.448 e. The Bertz CT molecular complexity index is 684. The van der Waals surface area contributed by atoms with E-state index in [2.05, 4.69) is 21.0 Å². The van der Waals surface area contributed by atoms with Crippen molar-refractivity contribution in [2.45, 2.75) is 0 Å². The van der Waals surface area contributed by atoms with Crippen molar-refractivity contribution in [2.75, 3.05) is 5.73 Å². The summed E-state index contributed by atoms with van der Waals surface area (Å²) in [6.07, 6.45) is 0. The van der Waals surface area contributed by atoms with Gasteiger partial charge >= 0.3 is 0 Å². The lowest BCUT2D eigenvalue weighted by Gasteiger charge is -1.98. The number of nitrogens with zero attached hydrogens (tertiary/aromatic N) is 2. The van der Waals surface area contributed by atoms with E-state index in [9.17, 15) is 0 Å². The number of nitrogens with two attached hydrogens (primary N) is 1. The first-order chi connectivity index (χ1) is 8.66. The highest BCUT2D eigenvalue weighted by atomic mass is 79.9. The molecule has 3 rings (SSSR count). The molecule has 0 saturated carbocycles. The lowest BCUT2D eigenvalue weighted by atomic mass is 10.1. The van der Waals surface area contributed by atoms with Crippen LogP contribution in [-0.4, -0.2) is 9.78 Å². The van der Waals surface area contributed by atoms with E-state index in [1.165, 1.54) is 0 Å². The largest absolute Gasteiger partial charge is 0.448 e. The van der Waals surface area contributed by atoms with Crippen molar-refractivity contribution in [3.05, 3.63) is 34.3 Å². The van der Waals surface area contributed by atoms with Gasteiger partial charge in [-0.1, -0.05) is 6.07 Å². The molecule has 0 unspecified atom stereocenters. The van der Waals surface area contributed by atoms with Gasteiger partial charge in [-0.25, -0.2) is 0 Å². The number of hydrogen-bond acceptors (Lipinski definition) is 4. The maximum Gasteiger partial charge on any atom is 0.169 e. The second kappa shape index (κ2) is 4.29. The van der Waals surface area contributed by atoms with Gasteiger partial charge in [0.2, 0.25) is 0 Å². The molecule has 0 amide bonds. The molecule has 4 nitrogen and oxygen atoms in total. The van der Waals surface area contributed by atoms with Crippen LogP contribution >= 0.6 is 27.3 Å². The number of rotatable bonds is 2. The predicted molar refractivity (Wildman–Crippen MR) is 76.3 cm³/mol. The van der Waals surface area contributed by atoms with E-state index in [0.717, 1.165) is 16.1 Å². The van der Waals surface area contributed by atoms with Crippen molar-refractivity contribution < 1.29 is 4.42 Å². The number of aromatic nitrogens is 2. The van der Waals surface area contributed by atoms with Crippen LogP contribution in [0.15, 0.2) is 38.7 Å². The number of anilines is 1. The Morgan fingerprint density at radius 2 is 2.22 bits per heavy atom. The van der Waals surface area contributed by atoms with E-state index in [-0.39, 0.29) is 0 Å². The highest BCUT2D eigenvalue weighted by Gasteiger charge is 2.20. The first-order valence-corrected chi connectivity index (χ1v) is 6.96. The smallest absolute Gasteiger partial charge is 0.169 e. The second-order valence-electron chi connectivity index (χ2n) is 3.81. The molecule has 0 atom stereocenters. The van der Waals surface area contributed by atoms with Gasteiger partial charge in [0.25, 0.3) is 0 Å². The SMILES string of the molecule is Cn1nc(-c2ccc(Br)o2)c(-c2cccs2)c1N. The first-order valence-electron chi connectivity index (χ1n) is 5.29. The second-order valence-corrected chi connectivity index (χ2v) is 5.54. The van der Waals surface area contributed by atoms with Gasteiger partial charge in [-0.05, 0) is 39.5 Å². The van der Waals surface area contributed by atoms with Gasteiger partial charge in [-0.15, -0.1) is 11.3 Å².